The topological polar surface area (TPSA) is 140 Å². The van der Waals surface area contributed by atoms with Crippen molar-refractivity contribution >= 4 is 23.7 Å². The molecule has 11 heteroatoms. The lowest BCUT2D eigenvalue weighted by Gasteiger charge is -2.44. The quantitative estimate of drug-likeness (QED) is 0.327. The van der Waals surface area contributed by atoms with Crippen molar-refractivity contribution < 1.29 is 33.9 Å². The smallest absolute Gasteiger partial charge is 0.408 e. The molecule has 202 valence electrons. The number of fused-ring (bicyclic) bond motifs is 1. The van der Waals surface area contributed by atoms with Crippen molar-refractivity contribution in [1.29, 1.82) is 0 Å². The number of ether oxygens (including phenoxy) is 2. The lowest BCUT2D eigenvalue weighted by Crippen LogP contribution is -2.57. The van der Waals surface area contributed by atoms with Crippen LogP contribution in [0.25, 0.3) is 0 Å². The van der Waals surface area contributed by atoms with Crippen LogP contribution in [0.4, 0.5) is 10.5 Å². The first-order valence-corrected chi connectivity index (χ1v) is 12.4. The molecule has 2 heterocycles. The average Bonchev–Trinajstić information content (AvgIpc) is 2.92. The van der Waals surface area contributed by atoms with Gasteiger partial charge in [-0.1, -0.05) is 30.3 Å². The second kappa shape index (κ2) is 10.7. The van der Waals surface area contributed by atoms with Gasteiger partial charge in [-0.3, -0.25) is 24.6 Å². The molecule has 0 spiro atoms. The third-order valence-electron chi connectivity index (χ3n) is 7.75. The molecule has 1 N–H and O–H groups in total. The number of benzene rings is 2. The van der Waals surface area contributed by atoms with Gasteiger partial charge in [0.1, 0.15) is 11.8 Å². The van der Waals surface area contributed by atoms with Gasteiger partial charge in [0.05, 0.1) is 20.1 Å². The van der Waals surface area contributed by atoms with Gasteiger partial charge < -0.3 is 19.5 Å². The van der Waals surface area contributed by atoms with E-state index in [1.807, 2.05) is 0 Å². The minimum atomic E-state index is -1.83. The zero-order chi connectivity index (χ0) is 27.6. The van der Waals surface area contributed by atoms with Crippen molar-refractivity contribution in [2.24, 2.45) is 0 Å². The van der Waals surface area contributed by atoms with E-state index in [2.05, 4.69) is 0 Å². The van der Waals surface area contributed by atoms with Crippen molar-refractivity contribution in [3.8, 4) is 5.75 Å². The predicted octanol–water partition coefficient (Wildman–Crippen LogP) is 3.78. The molecule has 11 nitrogen and oxygen atoms in total. The average molecular weight is 526 g/mol. The van der Waals surface area contributed by atoms with Gasteiger partial charge in [0.15, 0.2) is 0 Å². The highest BCUT2D eigenvalue weighted by molar-refractivity contribution is 5.96. The van der Waals surface area contributed by atoms with E-state index in [4.69, 9.17) is 9.47 Å². The Hall–Kier alpha value is -4.15. The van der Waals surface area contributed by atoms with Crippen LogP contribution in [0.2, 0.25) is 0 Å². The molecule has 0 saturated carbocycles. The van der Waals surface area contributed by atoms with Gasteiger partial charge in [-0.25, -0.2) is 4.79 Å². The summed E-state index contributed by atoms with van der Waals surface area (Å²) in [5.74, 6) is -1.61. The third kappa shape index (κ3) is 4.64. The lowest BCUT2D eigenvalue weighted by molar-refractivity contribution is -0.585. The fourth-order valence-corrected chi connectivity index (χ4v) is 5.87. The summed E-state index contributed by atoms with van der Waals surface area (Å²) >= 11 is 0. The molecule has 0 radical (unpaired) electrons. The Balaban J connectivity index is 1.90. The standard InChI is InChI=1S/C27H31N3O8/c1-28-21-15-19(22(37-2)14-18(21)10-11-23(28)31)20(25(32)38-3)16-27(30(35)36)12-7-13-29(26(33)34)24(27)17-8-5-4-6-9-17/h4-6,8-9,14-15,20,24H,7,10-13,16H2,1-3H3,(H,33,34)/t20?,24-,27+/m1/s1. The Labute approximate surface area is 220 Å². The molecule has 2 aliphatic rings. The molecule has 2 aromatic rings. The molecule has 2 aromatic carbocycles. The number of piperidine rings is 1. The summed E-state index contributed by atoms with van der Waals surface area (Å²) in [5.41, 5.74) is 0.436. The van der Waals surface area contributed by atoms with Gasteiger partial charge >= 0.3 is 12.1 Å². The number of methoxy groups -OCH3 is 2. The summed E-state index contributed by atoms with van der Waals surface area (Å²) < 4.78 is 10.7. The van der Waals surface area contributed by atoms with E-state index in [-0.39, 0.29) is 31.7 Å². The summed E-state index contributed by atoms with van der Waals surface area (Å²) in [4.78, 5) is 53.0. The molecule has 0 aliphatic carbocycles. The molecule has 0 aromatic heterocycles. The first-order valence-electron chi connectivity index (χ1n) is 12.4. The van der Waals surface area contributed by atoms with Crippen LogP contribution in [0.3, 0.4) is 0 Å². The van der Waals surface area contributed by atoms with Crippen molar-refractivity contribution in [1.82, 2.24) is 4.90 Å². The third-order valence-corrected chi connectivity index (χ3v) is 7.75. The number of esters is 1. The number of carboxylic acid groups (broad SMARTS) is 1. The first-order chi connectivity index (χ1) is 18.1. The Bertz CT molecular complexity index is 1250. The van der Waals surface area contributed by atoms with Crippen LogP contribution >= 0.6 is 0 Å². The van der Waals surface area contributed by atoms with E-state index < -0.39 is 34.5 Å². The molecule has 2 aliphatic heterocycles. The highest BCUT2D eigenvalue weighted by atomic mass is 16.6. The van der Waals surface area contributed by atoms with Gasteiger partial charge in [0.2, 0.25) is 11.4 Å². The Morgan fingerprint density at radius 1 is 1.21 bits per heavy atom. The largest absolute Gasteiger partial charge is 0.496 e. The summed E-state index contributed by atoms with van der Waals surface area (Å²) in [6, 6.07) is 10.8. The minimum absolute atomic E-state index is 0.0580. The number of carbonyl (C=O) groups is 3. The summed E-state index contributed by atoms with van der Waals surface area (Å²) in [6.45, 7) is 0.127. The zero-order valence-electron chi connectivity index (χ0n) is 21.6. The maximum Gasteiger partial charge on any atom is 0.408 e. The van der Waals surface area contributed by atoms with Crippen LogP contribution in [0, 0.1) is 10.1 Å². The van der Waals surface area contributed by atoms with Crippen LogP contribution in [0.1, 0.15) is 54.3 Å². The molecule has 38 heavy (non-hydrogen) atoms. The van der Waals surface area contributed by atoms with Gasteiger partial charge in [-0.15, -0.1) is 0 Å². The van der Waals surface area contributed by atoms with Crippen molar-refractivity contribution in [3.63, 3.8) is 0 Å². The zero-order valence-corrected chi connectivity index (χ0v) is 21.6. The van der Waals surface area contributed by atoms with Crippen molar-refractivity contribution in [3.05, 3.63) is 69.3 Å². The van der Waals surface area contributed by atoms with Crippen LogP contribution in [0.5, 0.6) is 5.75 Å². The number of likely N-dealkylation sites (tertiary alicyclic amines) is 1. The molecule has 4 rings (SSSR count). The number of rotatable bonds is 7. The number of nitro groups is 1. The number of hydrogen-bond donors (Lipinski definition) is 1. The Morgan fingerprint density at radius 2 is 1.92 bits per heavy atom. The summed E-state index contributed by atoms with van der Waals surface area (Å²) in [5, 5.41) is 23.0. The van der Waals surface area contributed by atoms with Crippen molar-refractivity contribution in [2.75, 3.05) is 32.7 Å². The Kier molecular flexibility index (Phi) is 7.56. The normalized spacial score (nSPS) is 21.9. The lowest BCUT2D eigenvalue weighted by atomic mass is 9.71. The van der Waals surface area contributed by atoms with E-state index in [0.29, 0.717) is 35.4 Å². The number of carbonyl (C=O) groups excluding carboxylic acids is 2. The fraction of sp³-hybridized carbons (Fsp3) is 0.444. The summed E-state index contributed by atoms with van der Waals surface area (Å²) in [6.07, 6.45) is -0.457. The van der Waals surface area contributed by atoms with Gasteiger partial charge in [0, 0.05) is 49.0 Å². The number of anilines is 1. The molecule has 0 bridgehead atoms. The fourth-order valence-electron chi connectivity index (χ4n) is 5.87. The van der Waals surface area contributed by atoms with Gasteiger partial charge in [-0.2, -0.15) is 0 Å². The van der Waals surface area contributed by atoms with Gasteiger partial charge in [-0.05, 0) is 36.1 Å². The van der Waals surface area contributed by atoms with Crippen LogP contribution in [-0.2, 0) is 20.7 Å². The first kappa shape index (κ1) is 26.9. The van der Waals surface area contributed by atoms with Crippen LogP contribution in [0.15, 0.2) is 42.5 Å². The van der Waals surface area contributed by atoms with E-state index in [0.717, 1.165) is 10.5 Å². The van der Waals surface area contributed by atoms with E-state index >= 15 is 0 Å². The Morgan fingerprint density at radius 3 is 2.53 bits per heavy atom. The van der Waals surface area contributed by atoms with E-state index in [9.17, 15) is 29.6 Å². The molecular formula is C27H31N3O8. The monoisotopic (exact) mass is 525 g/mol. The second-order valence-corrected chi connectivity index (χ2v) is 9.71. The highest BCUT2D eigenvalue weighted by Crippen LogP contribution is 2.49. The highest BCUT2D eigenvalue weighted by Gasteiger charge is 2.59. The van der Waals surface area contributed by atoms with Crippen molar-refractivity contribution in [2.45, 2.75) is 49.6 Å². The van der Waals surface area contributed by atoms with Crippen LogP contribution in [-0.4, -0.2) is 66.3 Å². The maximum absolute atomic E-state index is 13.3. The molecule has 1 unspecified atom stereocenters. The molecule has 1 saturated heterocycles. The molecule has 2 amide bonds. The predicted molar refractivity (Wildman–Crippen MR) is 137 cm³/mol. The molecular weight excluding hydrogens is 494 g/mol. The number of aryl methyl sites for hydroxylation is 1. The second-order valence-electron chi connectivity index (χ2n) is 9.71. The van der Waals surface area contributed by atoms with E-state index in [1.165, 1.54) is 19.1 Å². The summed E-state index contributed by atoms with van der Waals surface area (Å²) in [7, 11) is 4.29. The maximum atomic E-state index is 13.3. The van der Waals surface area contributed by atoms with E-state index in [1.54, 1.807) is 49.5 Å². The van der Waals surface area contributed by atoms with Gasteiger partial charge in [0.25, 0.3) is 0 Å². The number of hydrogen-bond acceptors (Lipinski definition) is 7. The SMILES string of the molecule is COC(=O)C(C[C@@]1([N+](=O)[O-])CCCN(C(=O)O)[C@@H]1c1ccccc1)c1cc2c(cc1OC)CCC(=O)N2C. The molecule has 1 fully saturated rings. The minimum Gasteiger partial charge on any atom is -0.496 e. The van der Waals surface area contributed by atoms with Crippen LogP contribution < -0.4 is 9.64 Å². The number of nitrogens with zero attached hydrogens (tertiary/aromatic N) is 3. The number of amides is 2. The molecule has 3 atom stereocenters.